The van der Waals surface area contributed by atoms with Crippen molar-refractivity contribution in [2.75, 3.05) is 14.1 Å². The Labute approximate surface area is 159 Å². The Morgan fingerprint density at radius 1 is 1.30 bits per heavy atom. The lowest BCUT2D eigenvalue weighted by atomic mass is 10.1. The summed E-state index contributed by atoms with van der Waals surface area (Å²) < 4.78 is 2.09. The molecule has 2 aromatic heterocycles. The van der Waals surface area contributed by atoms with Crippen LogP contribution in [0.1, 0.15) is 32.2 Å². The fourth-order valence-electron chi connectivity index (χ4n) is 3.13. The zero-order valence-corrected chi connectivity index (χ0v) is 16.5. The lowest BCUT2D eigenvalue weighted by Gasteiger charge is -2.20. The second kappa shape index (κ2) is 7.12. The number of aromatic nitrogens is 3. The van der Waals surface area contributed by atoms with Crippen molar-refractivity contribution >= 4 is 33.9 Å². The van der Waals surface area contributed by atoms with E-state index in [4.69, 9.17) is 4.98 Å². The zero-order valence-electron chi connectivity index (χ0n) is 16.5. The van der Waals surface area contributed by atoms with Crippen molar-refractivity contribution in [2.45, 2.75) is 39.3 Å². The van der Waals surface area contributed by atoms with Crippen LogP contribution in [0.2, 0.25) is 0 Å². The van der Waals surface area contributed by atoms with Gasteiger partial charge in [0.25, 0.3) is 0 Å². The molecule has 1 aromatic carbocycles. The van der Waals surface area contributed by atoms with Gasteiger partial charge in [0.15, 0.2) is 0 Å². The molecule has 0 spiro atoms. The van der Waals surface area contributed by atoms with E-state index in [1.54, 1.807) is 46.3 Å². The molecule has 6 nitrogen and oxygen atoms in total. The van der Waals surface area contributed by atoms with E-state index in [-0.39, 0.29) is 5.91 Å². The van der Waals surface area contributed by atoms with Gasteiger partial charge in [-0.15, -0.1) is 0 Å². The summed E-state index contributed by atoms with van der Waals surface area (Å²) in [6.07, 6.45) is 5.89. The maximum Gasteiger partial charge on any atom is 0.246 e. The number of benzene rings is 1. The Morgan fingerprint density at radius 3 is 2.67 bits per heavy atom. The number of rotatable bonds is 5. The summed E-state index contributed by atoms with van der Waals surface area (Å²) in [6.45, 7) is 6.12. The molecule has 0 aliphatic rings. The molecule has 0 aliphatic carbocycles. The molecular formula is C21H26N4O2. The molecule has 142 valence electrons. The maximum absolute atomic E-state index is 11.8. The summed E-state index contributed by atoms with van der Waals surface area (Å²) >= 11 is 0. The highest BCUT2D eigenvalue weighted by atomic mass is 16.3. The molecular weight excluding hydrogens is 340 g/mol. The summed E-state index contributed by atoms with van der Waals surface area (Å²) in [4.78, 5) is 22.5. The average Bonchev–Trinajstić information content (AvgIpc) is 2.95. The number of likely N-dealkylation sites (N-methyl/N-ethyl adjacent to an activating group) is 1. The summed E-state index contributed by atoms with van der Waals surface area (Å²) in [7, 11) is 3.45. The van der Waals surface area contributed by atoms with E-state index >= 15 is 0 Å². The third kappa shape index (κ3) is 4.01. The summed E-state index contributed by atoms with van der Waals surface area (Å²) in [5.41, 5.74) is 2.71. The van der Waals surface area contributed by atoms with Gasteiger partial charge in [0.1, 0.15) is 11.3 Å². The third-order valence-corrected chi connectivity index (χ3v) is 4.40. The van der Waals surface area contributed by atoms with Crippen LogP contribution in [-0.4, -0.2) is 50.1 Å². The highest BCUT2D eigenvalue weighted by Gasteiger charge is 2.20. The molecule has 2 heterocycles. The largest absolute Gasteiger partial charge is 0.389 e. The third-order valence-electron chi connectivity index (χ3n) is 4.40. The molecule has 0 radical (unpaired) electrons. The second-order valence-corrected chi connectivity index (χ2v) is 7.61. The number of aliphatic hydroxyl groups is 1. The zero-order chi connectivity index (χ0) is 19.8. The predicted molar refractivity (Wildman–Crippen MR) is 108 cm³/mol. The Balaban J connectivity index is 2.13. The first-order valence-corrected chi connectivity index (χ1v) is 9.09. The van der Waals surface area contributed by atoms with Crippen molar-refractivity contribution in [1.29, 1.82) is 0 Å². The van der Waals surface area contributed by atoms with Crippen LogP contribution < -0.4 is 0 Å². The van der Waals surface area contributed by atoms with Crippen molar-refractivity contribution in [3.63, 3.8) is 0 Å². The number of pyridine rings is 1. The normalized spacial score (nSPS) is 12.4. The van der Waals surface area contributed by atoms with Gasteiger partial charge < -0.3 is 14.6 Å². The number of imidazole rings is 1. The molecule has 1 amide bonds. The monoisotopic (exact) mass is 366 g/mol. The number of hydrogen-bond donors (Lipinski definition) is 1. The molecule has 0 atom stereocenters. The van der Waals surface area contributed by atoms with E-state index in [1.807, 2.05) is 18.2 Å². The van der Waals surface area contributed by atoms with E-state index in [0.717, 1.165) is 39.7 Å². The first-order chi connectivity index (χ1) is 12.7. The van der Waals surface area contributed by atoms with Gasteiger partial charge in [-0.1, -0.05) is 19.1 Å². The molecule has 3 rings (SSSR count). The molecule has 0 unspecified atom stereocenters. The number of carbonyl (C=O) groups excluding carboxylic acids is 1. The predicted octanol–water partition coefficient (Wildman–Crippen LogP) is 3.02. The van der Waals surface area contributed by atoms with Gasteiger partial charge in [-0.25, -0.2) is 4.98 Å². The SMILES string of the molecule is CCc1nc2cnc3cc(C=CC(=O)N(C)C)ccc3c2n1CC(C)(C)O. The van der Waals surface area contributed by atoms with E-state index in [1.165, 1.54) is 4.90 Å². The number of fused-ring (bicyclic) bond motifs is 3. The van der Waals surface area contributed by atoms with Gasteiger partial charge in [0.05, 0.1) is 29.4 Å². The van der Waals surface area contributed by atoms with E-state index in [2.05, 4.69) is 16.5 Å². The quantitative estimate of drug-likeness (QED) is 0.705. The van der Waals surface area contributed by atoms with Gasteiger partial charge in [-0.05, 0) is 31.6 Å². The number of amides is 1. The van der Waals surface area contributed by atoms with Crippen molar-refractivity contribution in [1.82, 2.24) is 19.4 Å². The van der Waals surface area contributed by atoms with Crippen LogP contribution >= 0.6 is 0 Å². The molecule has 27 heavy (non-hydrogen) atoms. The van der Waals surface area contributed by atoms with Crippen molar-refractivity contribution in [2.24, 2.45) is 0 Å². The minimum atomic E-state index is -0.845. The first-order valence-electron chi connectivity index (χ1n) is 9.09. The summed E-state index contributed by atoms with van der Waals surface area (Å²) in [5, 5.41) is 11.3. The Kier molecular flexibility index (Phi) is 5.02. The van der Waals surface area contributed by atoms with E-state index in [0.29, 0.717) is 6.54 Å². The van der Waals surface area contributed by atoms with Crippen LogP contribution in [0.25, 0.3) is 28.0 Å². The molecule has 0 fully saturated rings. The fraction of sp³-hybridized carbons (Fsp3) is 0.381. The number of carbonyl (C=O) groups is 1. The van der Waals surface area contributed by atoms with Gasteiger partial charge in [0.2, 0.25) is 5.91 Å². The number of hydrogen-bond acceptors (Lipinski definition) is 4. The number of nitrogens with zero attached hydrogens (tertiary/aromatic N) is 4. The Morgan fingerprint density at radius 2 is 2.04 bits per heavy atom. The van der Waals surface area contributed by atoms with E-state index < -0.39 is 5.60 Å². The Hall–Kier alpha value is -2.73. The summed E-state index contributed by atoms with van der Waals surface area (Å²) in [6, 6.07) is 5.93. The minimum absolute atomic E-state index is 0.0608. The van der Waals surface area contributed by atoms with Crippen LogP contribution in [0, 0.1) is 0 Å². The highest BCUT2D eigenvalue weighted by Crippen LogP contribution is 2.27. The van der Waals surface area contributed by atoms with Crippen LogP contribution in [0.5, 0.6) is 0 Å². The first kappa shape index (κ1) is 19.0. The topological polar surface area (TPSA) is 71.2 Å². The fourth-order valence-corrected chi connectivity index (χ4v) is 3.13. The highest BCUT2D eigenvalue weighted by molar-refractivity contribution is 6.03. The minimum Gasteiger partial charge on any atom is -0.389 e. The van der Waals surface area contributed by atoms with Gasteiger partial charge in [0, 0.05) is 32.0 Å². The molecule has 0 bridgehead atoms. The second-order valence-electron chi connectivity index (χ2n) is 7.61. The lowest BCUT2D eigenvalue weighted by molar-refractivity contribution is -0.123. The molecule has 3 aromatic rings. The van der Waals surface area contributed by atoms with Crippen LogP contribution in [-0.2, 0) is 17.8 Å². The van der Waals surface area contributed by atoms with Crippen LogP contribution in [0.4, 0.5) is 0 Å². The molecule has 6 heteroatoms. The maximum atomic E-state index is 11.8. The summed E-state index contributed by atoms with van der Waals surface area (Å²) in [5.74, 6) is 0.872. The van der Waals surface area contributed by atoms with E-state index in [9.17, 15) is 9.90 Å². The van der Waals surface area contributed by atoms with Gasteiger partial charge in [-0.3, -0.25) is 9.78 Å². The lowest BCUT2D eigenvalue weighted by Crippen LogP contribution is -2.27. The van der Waals surface area contributed by atoms with Crippen LogP contribution in [0.15, 0.2) is 30.5 Å². The van der Waals surface area contributed by atoms with Gasteiger partial charge in [-0.2, -0.15) is 0 Å². The van der Waals surface area contributed by atoms with Crippen LogP contribution in [0.3, 0.4) is 0 Å². The molecule has 0 saturated heterocycles. The molecule has 0 aliphatic heterocycles. The average molecular weight is 366 g/mol. The van der Waals surface area contributed by atoms with Crippen molar-refractivity contribution in [3.8, 4) is 0 Å². The Bertz CT molecular complexity index is 1030. The number of aryl methyl sites for hydroxylation is 1. The van der Waals surface area contributed by atoms with Gasteiger partial charge >= 0.3 is 0 Å². The van der Waals surface area contributed by atoms with Crippen molar-refractivity contribution in [3.05, 3.63) is 41.9 Å². The molecule has 0 saturated carbocycles. The van der Waals surface area contributed by atoms with Crippen molar-refractivity contribution < 1.29 is 9.90 Å². The molecule has 1 N–H and O–H groups in total. The smallest absolute Gasteiger partial charge is 0.246 e. The standard InChI is InChI=1S/C21H26N4O2/c1-6-18-23-17-12-22-16-11-14(8-10-19(26)24(4)5)7-9-15(16)20(17)25(18)13-21(2,3)27/h7-12,27H,6,13H2,1-5H3.